The van der Waals surface area contributed by atoms with Gasteiger partial charge in [-0.05, 0) is 82.0 Å². The van der Waals surface area contributed by atoms with E-state index >= 15 is 0 Å². The molecule has 0 aromatic heterocycles. The second kappa shape index (κ2) is 15.1. The summed E-state index contributed by atoms with van der Waals surface area (Å²) in [4.78, 5) is 60.1. The standard InChI is InChI=1S/C34H38N4O4.C4H10/c1-3-36(20-22-38-33(41)27-15-6-11-24-12-7-16-28(30(24)27)34(38)42)18-8-17-35(2)19-21-37-31(39)25-13-4-9-23-10-5-14-26(29(23)25)32(37)40;1-3-4-2/h4,6,9,11,13-16H,3,5,7-8,10,12,17-22H2,1-2H3;3-4H2,1-2H3. The van der Waals surface area contributed by atoms with Gasteiger partial charge in [0.1, 0.15) is 0 Å². The molecule has 0 atom stereocenters. The number of imide groups is 2. The third kappa shape index (κ3) is 6.79. The average Bonchev–Trinajstić information content (AvgIpc) is 3.08. The van der Waals surface area contributed by atoms with Crippen LogP contribution in [0.3, 0.4) is 0 Å². The molecular formula is C38H48N4O4. The Labute approximate surface area is 273 Å². The van der Waals surface area contributed by atoms with Crippen LogP contribution in [0.25, 0.3) is 11.1 Å². The van der Waals surface area contributed by atoms with Gasteiger partial charge in [-0.3, -0.25) is 29.0 Å². The monoisotopic (exact) mass is 624 g/mol. The highest BCUT2D eigenvalue weighted by Crippen LogP contribution is 2.36. The Kier molecular flexibility index (Phi) is 11.0. The van der Waals surface area contributed by atoms with E-state index in [-0.39, 0.29) is 23.6 Å². The first-order valence-electron chi connectivity index (χ1n) is 17.1. The number of hydrogen-bond acceptors (Lipinski definition) is 6. The molecule has 6 rings (SSSR count). The second-order valence-electron chi connectivity index (χ2n) is 12.6. The number of carbonyl (C=O) groups is 4. The largest absolute Gasteiger partial charge is 0.305 e. The van der Waals surface area contributed by atoms with Gasteiger partial charge in [0.15, 0.2) is 0 Å². The smallest absolute Gasteiger partial charge is 0.261 e. The number of likely N-dealkylation sites (N-methyl/N-ethyl adjacent to an activating group) is 2. The van der Waals surface area contributed by atoms with Gasteiger partial charge < -0.3 is 9.80 Å². The zero-order valence-corrected chi connectivity index (χ0v) is 27.9. The van der Waals surface area contributed by atoms with Crippen LogP contribution in [0.15, 0.2) is 48.6 Å². The van der Waals surface area contributed by atoms with E-state index in [2.05, 4.69) is 30.6 Å². The van der Waals surface area contributed by atoms with Gasteiger partial charge >= 0.3 is 0 Å². The van der Waals surface area contributed by atoms with Crippen LogP contribution in [-0.4, -0.2) is 96.1 Å². The van der Waals surface area contributed by atoms with E-state index in [1.807, 2.05) is 55.6 Å². The summed E-state index contributed by atoms with van der Waals surface area (Å²) < 4.78 is 0. The number of amides is 4. The van der Waals surface area contributed by atoms with Crippen molar-refractivity contribution in [2.24, 2.45) is 0 Å². The predicted molar refractivity (Wildman–Crippen MR) is 182 cm³/mol. The third-order valence-corrected chi connectivity index (χ3v) is 9.57. The van der Waals surface area contributed by atoms with E-state index in [0.717, 1.165) is 74.0 Å². The number of nitrogens with zero attached hydrogens (tertiary/aromatic N) is 4. The fourth-order valence-electron chi connectivity index (χ4n) is 6.73. The summed E-state index contributed by atoms with van der Waals surface area (Å²) in [5.41, 5.74) is 6.45. The van der Waals surface area contributed by atoms with E-state index in [0.29, 0.717) is 48.5 Å². The molecule has 0 saturated heterocycles. The maximum Gasteiger partial charge on any atom is 0.261 e. The summed E-state index contributed by atoms with van der Waals surface area (Å²) in [5, 5.41) is 0. The molecular weight excluding hydrogens is 576 g/mol. The molecule has 2 aliphatic heterocycles. The summed E-state index contributed by atoms with van der Waals surface area (Å²) in [7, 11) is 2.01. The molecule has 0 saturated carbocycles. The zero-order chi connectivity index (χ0) is 32.8. The van der Waals surface area contributed by atoms with E-state index in [1.54, 1.807) is 0 Å². The molecule has 2 aromatic rings. The van der Waals surface area contributed by atoms with Gasteiger partial charge in [-0.25, -0.2) is 0 Å². The number of rotatable bonds is 12. The van der Waals surface area contributed by atoms with Gasteiger partial charge in [0.2, 0.25) is 0 Å². The molecule has 2 heterocycles. The Bertz CT molecular complexity index is 1560. The Morgan fingerprint density at radius 1 is 0.630 bits per heavy atom. The third-order valence-electron chi connectivity index (χ3n) is 9.57. The molecule has 0 spiro atoms. The van der Waals surface area contributed by atoms with Crippen LogP contribution in [0, 0.1) is 0 Å². The van der Waals surface area contributed by atoms with Crippen molar-refractivity contribution in [1.29, 1.82) is 0 Å². The summed E-state index contributed by atoms with van der Waals surface area (Å²) in [6, 6.07) is 11.5. The van der Waals surface area contributed by atoms with Gasteiger partial charge in [-0.2, -0.15) is 0 Å². The van der Waals surface area contributed by atoms with Gasteiger partial charge in [0.05, 0.1) is 0 Å². The lowest BCUT2D eigenvalue weighted by molar-refractivity contribution is -0.124. The molecule has 46 heavy (non-hydrogen) atoms. The fourth-order valence-corrected chi connectivity index (χ4v) is 6.73. The minimum Gasteiger partial charge on any atom is -0.305 e. The predicted octanol–water partition coefficient (Wildman–Crippen LogP) is 5.46. The van der Waals surface area contributed by atoms with Crippen LogP contribution in [0.2, 0.25) is 0 Å². The maximum absolute atomic E-state index is 13.3. The van der Waals surface area contributed by atoms with E-state index < -0.39 is 0 Å². The molecule has 8 nitrogen and oxygen atoms in total. The van der Waals surface area contributed by atoms with Crippen molar-refractivity contribution in [3.05, 3.63) is 81.9 Å². The number of allylic oxidation sites excluding steroid dienone is 2. The van der Waals surface area contributed by atoms with Crippen molar-refractivity contribution in [2.75, 3.05) is 52.9 Å². The number of hydrogen-bond donors (Lipinski definition) is 0. The Morgan fingerprint density at radius 2 is 1.13 bits per heavy atom. The normalized spacial score (nSPS) is 16.7. The van der Waals surface area contributed by atoms with Crippen molar-refractivity contribution in [3.8, 4) is 0 Å². The average molecular weight is 625 g/mol. The number of benzene rings is 2. The molecule has 0 unspecified atom stereocenters. The summed E-state index contributed by atoms with van der Waals surface area (Å²) in [6.07, 6.45) is 10.9. The van der Waals surface area contributed by atoms with Crippen LogP contribution in [-0.2, 0) is 22.4 Å². The molecule has 8 heteroatoms. The van der Waals surface area contributed by atoms with Crippen molar-refractivity contribution in [3.63, 3.8) is 0 Å². The minimum absolute atomic E-state index is 0.180. The van der Waals surface area contributed by atoms with E-state index in [1.165, 1.54) is 22.6 Å². The molecule has 0 radical (unpaired) electrons. The SMILES string of the molecule is CCCC.CCN(CCCN(C)CCN1C(=O)C2=CCCc3cccc(c32)C1=O)CCN1C(=O)C2=CCCc3cccc(c32)C1=O. The Balaban J connectivity index is 0.000000985. The van der Waals surface area contributed by atoms with Crippen LogP contribution in [0.5, 0.6) is 0 Å². The molecule has 0 fully saturated rings. The van der Waals surface area contributed by atoms with Crippen LogP contribution in [0.4, 0.5) is 0 Å². The second-order valence-corrected chi connectivity index (χ2v) is 12.6. The Morgan fingerprint density at radius 3 is 1.61 bits per heavy atom. The molecule has 244 valence electrons. The van der Waals surface area contributed by atoms with Crippen LogP contribution < -0.4 is 0 Å². The maximum atomic E-state index is 13.3. The molecule has 4 aliphatic rings. The number of unbranched alkanes of at least 4 members (excludes halogenated alkanes) is 1. The Hall–Kier alpha value is -3.88. The van der Waals surface area contributed by atoms with Gasteiger partial charge in [0, 0.05) is 59.6 Å². The molecule has 2 aromatic carbocycles. The highest BCUT2D eigenvalue weighted by molar-refractivity contribution is 6.32. The zero-order valence-electron chi connectivity index (χ0n) is 27.9. The first-order valence-corrected chi connectivity index (χ1v) is 17.1. The highest BCUT2D eigenvalue weighted by Gasteiger charge is 2.38. The van der Waals surface area contributed by atoms with Crippen molar-refractivity contribution >= 4 is 34.8 Å². The van der Waals surface area contributed by atoms with Gasteiger partial charge in [-0.15, -0.1) is 0 Å². The lowest BCUT2D eigenvalue weighted by atomic mass is 9.83. The summed E-state index contributed by atoms with van der Waals surface area (Å²) >= 11 is 0. The van der Waals surface area contributed by atoms with Gasteiger partial charge in [-0.1, -0.05) is 70.0 Å². The lowest BCUT2D eigenvalue weighted by Gasteiger charge is -2.33. The van der Waals surface area contributed by atoms with Crippen molar-refractivity contribution < 1.29 is 19.2 Å². The lowest BCUT2D eigenvalue weighted by Crippen LogP contribution is -2.46. The van der Waals surface area contributed by atoms with Crippen LogP contribution >= 0.6 is 0 Å². The first-order chi connectivity index (χ1) is 22.3. The topological polar surface area (TPSA) is 81.2 Å². The molecule has 2 aliphatic carbocycles. The van der Waals surface area contributed by atoms with Crippen molar-refractivity contribution in [1.82, 2.24) is 19.6 Å². The molecule has 0 N–H and O–H groups in total. The molecule has 0 bridgehead atoms. The van der Waals surface area contributed by atoms with Crippen LogP contribution in [0.1, 0.15) is 95.8 Å². The molecule has 4 amide bonds. The van der Waals surface area contributed by atoms with Gasteiger partial charge in [0.25, 0.3) is 23.6 Å². The number of aryl methyl sites for hydroxylation is 2. The number of carbonyl (C=O) groups excluding carboxylic acids is 4. The first kappa shape index (κ1) is 33.5. The van der Waals surface area contributed by atoms with Crippen molar-refractivity contribution in [2.45, 2.75) is 65.7 Å². The highest BCUT2D eigenvalue weighted by atomic mass is 16.2. The quantitative estimate of drug-likeness (QED) is 0.292. The summed E-state index contributed by atoms with van der Waals surface area (Å²) in [5.74, 6) is -0.766. The van der Waals surface area contributed by atoms with E-state index in [4.69, 9.17) is 0 Å². The minimum atomic E-state index is -0.203. The fraction of sp³-hybridized carbons (Fsp3) is 0.474. The summed E-state index contributed by atoms with van der Waals surface area (Å²) in [6.45, 7) is 10.8. The van der Waals surface area contributed by atoms with E-state index in [9.17, 15) is 19.2 Å².